The molecule has 0 amide bonds. The van der Waals surface area contributed by atoms with Crippen molar-refractivity contribution in [3.8, 4) is 0 Å². The minimum absolute atomic E-state index is 0.980. The van der Waals surface area contributed by atoms with Crippen molar-refractivity contribution in [1.82, 2.24) is 5.32 Å². The van der Waals surface area contributed by atoms with Crippen LogP contribution in [0.3, 0.4) is 0 Å². The molecule has 0 saturated carbocycles. The Kier molecular flexibility index (Phi) is 4.60. The van der Waals surface area contributed by atoms with Gasteiger partial charge in [0.25, 0.3) is 0 Å². The molecular weight excluding hydrogens is 134 g/mol. The van der Waals surface area contributed by atoms with Gasteiger partial charge in [0, 0.05) is 0 Å². The van der Waals surface area contributed by atoms with Gasteiger partial charge in [-0.2, -0.15) is 0 Å². The predicted octanol–water partition coefficient (Wildman–Crippen LogP) is 2.57. The molecule has 0 aromatic heterocycles. The summed E-state index contributed by atoms with van der Waals surface area (Å²) in [6.07, 6.45) is 8.50. The van der Waals surface area contributed by atoms with E-state index in [1.165, 1.54) is 51.6 Å². The van der Waals surface area contributed by atoms with Crippen LogP contribution < -0.4 is 5.32 Å². The molecule has 0 spiro atoms. The molecule has 1 rings (SSSR count). The van der Waals surface area contributed by atoms with Crippen LogP contribution in [0.2, 0.25) is 0 Å². The zero-order chi connectivity index (χ0) is 7.94. The van der Waals surface area contributed by atoms with Crippen LogP contribution in [0, 0.1) is 5.92 Å². The van der Waals surface area contributed by atoms with E-state index in [-0.39, 0.29) is 0 Å². The highest BCUT2D eigenvalue weighted by Gasteiger charge is 2.03. The van der Waals surface area contributed by atoms with Gasteiger partial charge in [0.15, 0.2) is 0 Å². The first-order valence-electron chi connectivity index (χ1n) is 5.10. The van der Waals surface area contributed by atoms with Gasteiger partial charge in [0.05, 0.1) is 0 Å². The lowest BCUT2D eigenvalue weighted by atomic mass is 9.97. The molecule has 1 saturated heterocycles. The molecule has 1 heterocycles. The summed E-state index contributed by atoms with van der Waals surface area (Å²) in [5.74, 6) is 0.980. The normalized spacial score (nSPS) is 24.8. The van der Waals surface area contributed by atoms with Crippen LogP contribution in [0.15, 0.2) is 0 Å². The molecule has 0 aliphatic carbocycles. The van der Waals surface area contributed by atoms with Crippen LogP contribution in [0.1, 0.15) is 45.4 Å². The molecule has 0 aromatic rings. The summed E-state index contributed by atoms with van der Waals surface area (Å²) in [6, 6.07) is 0. The van der Waals surface area contributed by atoms with Crippen LogP contribution in [0.25, 0.3) is 0 Å². The number of nitrogens with one attached hydrogen (secondary N) is 1. The summed E-state index contributed by atoms with van der Waals surface area (Å²) in [7, 11) is 0. The fraction of sp³-hybridized carbons (Fsp3) is 1.00. The standard InChI is InChI=1S/C10H21N/c1-10-6-2-4-8-11-9-5-3-7-10/h10-11H,2-9H2,1H3. The number of hydrogen-bond donors (Lipinski definition) is 1. The van der Waals surface area contributed by atoms with Crippen molar-refractivity contribution in [2.45, 2.75) is 45.4 Å². The second-order valence-electron chi connectivity index (χ2n) is 3.85. The first kappa shape index (κ1) is 9.05. The van der Waals surface area contributed by atoms with Gasteiger partial charge in [-0.15, -0.1) is 0 Å². The summed E-state index contributed by atoms with van der Waals surface area (Å²) in [5.41, 5.74) is 0. The molecule has 1 aliphatic heterocycles. The Hall–Kier alpha value is -0.0400. The lowest BCUT2D eigenvalue weighted by molar-refractivity contribution is 0.420. The predicted molar refractivity (Wildman–Crippen MR) is 49.7 cm³/mol. The molecule has 1 N–H and O–H groups in total. The smallest absolute Gasteiger partial charge is 0.00489 e. The summed E-state index contributed by atoms with van der Waals surface area (Å²) in [5, 5.41) is 3.47. The SMILES string of the molecule is CC1CCCCNCCCC1. The van der Waals surface area contributed by atoms with Crippen molar-refractivity contribution in [2.24, 2.45) is 5.92 Å². The average Bonchev–Trinajstić information content (AvgIpc) is 2.03. The van der Waals surface area contributed by atoms with E-state index in [0.717, 1.165) is 5.92 Å². The van der Waals surface area contributed by atoms with Crippen molar-refractivity contribution in [3.63, 3.8) is 0 Å². The average molecular weight is 155 g/mol. The minimum atomic E-state index is 0.980. The molecule has 1 fully saturated rings. The zero-order valence-electron chi connectivity index (χ0n) is 7.73. The molecule has 11 heavy (non-hydrogen) atoms. The van der Waals surface area contributed by atoms with E-state index in [0.29, 0.717) is 0 Å². The van der Waals surface area contributed by atoms with Crippen molar-refractivity contribution >= 4 is 0 Å². The summed E-state index contributed by atoms with van der Waals surface area (Å²) < 4.78 is 0. The molecule has 0 unspecified atom stereocenters. The minimum Gasteiger partial charge on any atom is -0.317 e. The third-order valence-electron chi connectivity index (χ3n) is 2.60. The topological polar surface area (TPSA) is 12.0 Å². The molecule has 1 nitrogen and oxygen atoms in total. The van der Waals surface area contributed by atoms with E-state index in [1.807, 2.05) is 0 Å². The molecule has 0 atom stereocenters. The molecule has 1 heteroatoms. The van der Waals surface area contributed by atoms with Gasteiger partial charge in [0.1, 0.15) is 0 Å². The van der Waals surface area contributed by atoms with E-state index in [4.69, 9.17) is 0 Å². The molecule has 66 valence electrons. The second-order valence-corrected chi connectivity index (χ2v) is 3.85. The highest BCUT2D eigenvalue weighted by molar-refractivity contribution is 4.59. The van der Waals surface area contributed by atoms with Gasteiger partial charge in [-0.3, -0.25) is 0 Å². The first-order chi connectivity index (χ1) is 5.39. The van der Waals surface area contributed by atoms with Gasteiger partial charge in [-0.25, -0.2) is 0 Å². The maximum Gasteiger partial charge on any atom is -0.00489 e. The van der Waals surface area contributed by atoms with E-state index in [2.05, 4.69) is 12.2 Å². The van der Waals surface area contributed by atoms with Crippen LogP contribution in [0.4, 0.5) is 0 Å². The van der Waals surface area contributed by atoms with Crippen molar-refractivity contribution in [2.75, 3.05) is 13.1 Å². The van der Waals surface area contributed by atoms with Gasteiger partial charge in [-0.1, -0.05) is 32.6 Å². The van der Waals surface area contributed by atoms with Crippen molar-refractivity contribution in [3.05, 3.63) is 0 Å². The highest BCUT2D eigenvalue weighted by atomic mass is 14.8. The molecule has 0 radical (unpaired) electrons. The van der Waals surface area contributed by atoms with Crippen LogP contribution in [0.5, 0.6) is 0 Å². The molecule has 1 aliphatic rings. The van der Waals surface area contributed by atoms with E-state index < -0.39 is 0 Å². The van der Waals surface area contributed by atoms with Crippen LogP contribution >= 0.6 is 0 Å². The van der Waals surface area contributed by atoms with E-state index in [9.17, 15) is 0 Å². The Bertz CT molecular complexity index is 80.9. The monoisotopic (exact) mass is 155 g/mol. The third kappa shape index (κ3) is 4.41. The molecule has 0 aromatic carbocycles. The van der Waals surface area contributed by atoms with Gasteiger partial charge >= 0.3 is 0 Å². The zero-order valence-corrected chi connectivity index (χ0v) is 7.73. The molecular formula is C10H21N. The number of rotatable bonds is 0. The Morgan fingerprint density at radius 1 is 0.909 bits per heavy atom. The van der Waals surface area contributed by atoms with Crippen molar-refractivity contribution < 1.29 is 0 Å². The maximum atomic E-state index is 3.47. The Morgan fingerprint density at radius 3 is 2.00 bits per heavy atom. The van der Waals surface area contributed by atoms with Crippen molar-refractivity contribution in [1.29, 1.82) is 0 Å². The first-order valence-corrected chi connectivity index (χ1v) is 5.10. The number of hydrogen-bond acceptors (Lipinski definition) is 1. The Balaban J connectivity index is 2.12. The van der Waals surface area contributed by atoms with Crippen LogP contribution in [-0.2, 0) is 0 Å². The summed E-state index contributed by atoms with van der Waals surface area (Å²) in [6.45, 7) is 4.88. The van der Waals surface area contributed by atoms with Gasteiger partial charge < -0.3 is 5.32 Å². The van der Waals surface area contributed by atoms with Gasteiger partial charge in [-0.05, 0) is 31.8 Å². The maximum absolute atomic E-state index is 3.47. The lowest BCUT2D eigenvalue weighted by Gasteiger charge is -2.13. The van der Waals surface area contributed by atoms with Crippen LogP contribution in [-0.4, -0.2) is 13.1 Å². The summed E-state index contributed by atoms with van der Waals surface area (Å²) in [4.78, 5) is 0. The molecule has 0 bridgehead atoms. The quantitative estimate of drug-likeness (QED) is 0.567. The second kappa shape index (κ2) is 5.59. The Morgan fingerprint density at radius 2 is 1.45 bits per heavy atom. The van der Waals surface area contributed by atoms with E-state index in [1.54, 1.807) is 0 Å². The van der Waals surface area contributed by atoms with E-state index >= 15 is 0 Å². The fourth-order valence-electron chi connectivity index (χ4n) is 1.75. The lowest BCUT2D eigenvalue weighted by Crippen LogP contribution is -2.18. The van der Waals surface area contributed by atoms with Gasteiger partial charge in [0.2, 0.25) is 0 Å². The highest BCUT2D eigenvalue weighted by Crippen LogP contribution is 2.15. The largest absolute Gasteiger partial charge is 0.317 e. The summed E-state index contributed by atoms with van der Waals surface area (Å²) >= 11 is 0. The third-order valence-corrected chi connectivity index (χ3v) is 2.60. The Labute approximate surface area is 70.6 Å². The fourth-order valence-corrected chi connectivity index (χ4v) is 1.75.